The molecule has 0 saturated heterocycles. The number of rotatable bonds is 9. The van der Waals surface area contributed by atoms with E-state index in [1.54, 1.807) is 13.8 Å². The van der Waals surface area contributed by atoms with Crippen LogP contribution in [0.25, 0.3) is 11.1 Å². The van der Waals surface area contributed by atoms with Crippen molar-refractivity contribution in [2.24, 2.45) is 0 Å². The van der Waals surface area contributed by atoms with Crippen LogP contribution in [0.2, 0.25) is 0 Å². The lowest BCUT2D eigenvalue weighted by Crippen LogP contribution is -2.26. The van der Waals surface area contributed by atoms with Crippen molar-refractivity contribution in [1.29, 1.82) is 0 Å². The number of anilines is 1. The van der Waals surface area contributed by atoms with Gasteiger partial charge in [0.05, 0.1) is 5.69 Å². The number of nitrogens with zero attached hydrogens (tertiary/aromatic N) is 3. The summed E-state index contributed by atoms with van der Waals surface area (Å²) in [7, 11) is 0. The molecule has 8 heteroatoms. The Labute approximate surface area is 172 Å². The van der Waals surface area contributed by atoms with E-state index in [1.807, 2.05) is 48.1 Å². The van der Waals surface area contributed by atoms with Crippen molar-refractivity contribution in [3.05, 3.63) is 53.8 Å². The number of hydrogen-bond acceptors (Lipinski definition) is 7. The average Bonchev–Trinajstić information content (AvgIpc) is 3.13. The van der Waals surface area contributed by atoms with E-state index in [0.717, 1.165) is 40.5 Å². The van der Waals surface area contributed by atoms with Gasteiger partial charge in [-0.3, -0.25) is 4.79 Å². The molecule has 0 unspecified atom stereocenters. The Kier molecular flexibility index (Phi) is 6.64. The predicted octanol–water partition coefficient (Wildman–Crippen LogP) is 4.60. The highest BCUT2D eigenvalue weighted by Gasteiger charge is 2.29. The van der Waals surface area contributed by atoms with Crippen LogP contribution in [0.15, 0.2) is 52.4 Å². The fourth-order valence-electron chi connectivity index (χ4n) is 2.38. The van der Waals surface area contributed by atoms with Gasteiger partial charge < -0.3 is 10.4 Å². The van der Waals surface area contributed by atoms with Crippen molar-refractivity contribution in [2.45, 2.75) is 35.8 Å². The van der Waals surface area contributed by atoms with E-state index < -0.39 is 10.7 Å². The molecule has 0 bridgehead atoms. The van der Waals surface area contributed by atoms with Gasteiger partial charge in [-0.2, -0.15) is 0 Å². The van der Waals surface area contributed by atoms with Crippen molar-refractivity contribution in [3.8, 4) is 11.1 Å². The molecule has 0 fully saturated rings. The number of aryl methyl sites for hydroxylation is 1. The van der Waals surface area contributed by atoms with Crippen LogP contribution in [0.5, 0.6) is 0 Å². The van der Waals surface area contributed by atoms with E-state index in [1.165, 1.54) is 23.1 Å². The molecule has 3 rings (SSSR count). The van der Waals surface area contributed by atoms with Crippen LogP contribution in [0.4, 0.5) is 5.95 Å². The molecule has 0 amide bonds. The third-order valence-electron chi connectivity index (χ3n) is 4.04. The molecule has 0 spiro atoms. The lowest BCUT2D eigenvalue weighted by molar-refractivity contribution is -0.138. The highest BCUT2D eigenvalue weighted by molar-refractivity contribution is 8.02. The number of hydrogen-bond donors (Lipinski definition) is 2. The van der Waals surface area contributed by atoms with Crippen LogP contribution in [0.3, 0.4) is 0 Å². The Morgan fingerprint density at radius 1 is 1.18 bits per heavy atom. The fraction of sp³-hybridized carbons (Fsp3) is 0.300. The van der Waals surface area contributed by atoms with Crippen LogP contribution in [0.1, 0.15) is 26.0 Å². The maximum Gasteiger partial charge on any atom is 0.319 e. The minimum atomic E-state index is -0.875. The van der Waals surface area contributed by atoms with Gasteiger partial charge in [-0.1, -0.05) is 42.1 Å². The molecule has 0 aliphatic rings. The van der Waals surface area contributed by atoms with Gasteiger partial charge in [-0.25, -0.2) is 15.0 Å². The highest BCUT2D eigenvalue weighted by Crippen LogP contribution is 2.34. The molecule has 2 heterocycles. The SMILES string of the molecule is CC(C)(Sc1nc(CCCNc2ncc(-c3ccccc3)cn2)cs1)C(=O)O. The summed E-state index contributed by atoms with van der Waals surface area (Å²) in [4.78, 5) is 24.5. The lowest BCUT2D eigenvalue weighted by Gasteiger charge is -2.15. The van der Waals surface area contributed by atoms with Gasteiger partial charge in [0.1, 0.15) is 4.75 Å². The quantitative estimate of drug-likeness (QED) is 0.391. The summed E-state index contributed by atoms with van der Waals surface area (Å²) in [6.07, 6.45) is 5.34. The standard InChI is InChI=1S/C20H22N4O2S2/c1-20(2,17(25)26)28-19-24-16(13-27-19)9-6-10-21-18-22-11-15(12-23-18)14-7-4-3-5-8-14/h3-5,7-8,11-13H,6,9-10H2,1-2H3,(H,25,26)(H,21,22,23). The number of carbonyl (C=O) groups is 1. The van der Waals surface area contributed by atoms with Gasteiger partial charge in [0.25, 0.3) is 0 Å². The maximum absolute atomic E-state index is 11.2. The summed E-state index contributed by atoms with van der Waals surface area (Å²) in [6.45, 7) is 4.12. The van der Waals surface area contributed by atoms with Crippen molar-refractivity contribution < 1.29 is 9.90 Å². The number of nitrogens with one attached hydrogen (secondary N) is 1. The summed E-state index contributed by atoms with van der Waals surface area (Å²) in [5.41, 5.74) is 3.07. The summed E-state index contributed by atoms with van der Waals surface area (Å²) in [5.74, 6) is -0.228. The molecule has 0 saturated carbocycles. The molecular formula is C20H22N4O2S2. The average molecular weight is 415 g/mol. The number of benzene rings is 1. The molecule has 2 aromatic heterocycles. The first-order valence-corrected chi connectivity index (χ1v) is 10.6. The molecule has 0 aliphatic carbocycles. The van der Waals surface area contributed by atoms with Crippen LogP contribution < -0.4 is 5.32 Å². The van der Waals surface area contributed by atoms with Gasteiger partial charge in [-0.15, -0.1) is 11.3 Å². The normalized spacial score (nSPS) is 11.4. The van der Waals surface area contributed by atoms with Crippen molar-refractivity contribution in [3.63, 3.8) is 0 Å². The summed E-state index contributed by atoms with van der Waals surface area (Å²) >= 11 is 2.77. The third-order valence-corrected chi connectivity index (χ3v) is 6.21. The second-order valence-electron chi connectivity index (χ2n) is 6.71. The largest absolute Gasteiger partial charge is 0.480 e. The van der Waals surface area contributed by atoms with E-state index >= 15 is 0 Å². The first-order chi connectivity index (χ1) is 13.4. The summed E-state index contributed by atoms with van der Waals surface area (Å²) in [5, 5.41) is 14.4. The number of thiazole rings is 1. The molecule has 146 valence electrons. The fourth-order valence-corrected chi connectivity index (χ4v) is 4.61. The molecule has 6 nitrogen and oxygen atoms in total. The number of thioether (sulfide) groups is 1. The van der Waals surface area contributed by atoms with Gasteiger partial charge in [0.15, 0.2) is 4.34 Å². The van der Waals surface area contributed by atoms with E-state index in [2.05, 4.69) is 20.3 Å². The van der Waals surface area contributed by atoms with Crippen molar-refractivity contribution in [1.82, 2.24) is 15.0 Å². The van der Waals surface area contributed by atoms with Crippen LogP contribution >= 0.6 is 23.1 Å². The molecule has 1 aromatic carbocycles. The number of aromatic nitrogens is 3. The molecule has 0 aliphatic heterocycles. The van der Waals surface area contributed by atoms with E-state index in [0.29, 0.717) is 5.95 Å². The summed E-state index contributed by atoms with van der Waals surface area (Å²) in [6, 6.07) is 10.0. The number of carboxylic acids is 1. The van der Waals surface area contributed by atoms with Gasteiger partial charge in [0, 0.05) is 29.9 Å². The van der Waals surface area contributed by atoms with Crippen molar-refractivity contribution >= 4 is 35.0 Å². The number of aliphatic carboxylic acids is 1. The van der Waals surface area contributed by atoms with Crippen LogP contribution in [-0.2, 0) is 11.2 Å². The molecule has 3 aromatic rings. The monoisotopic (exact) mass is 414 g/mol. The Hall–Kier alpha value is -2.45. The maximum atomic E-state index is 11.2. The van der Waals surface area contributed by atoms with Crippen LogP contribution in [-0.4, -0.2) is 37.3 Å². The molecular weight excluding hydrogens is 392 g/mol. The van der Waals surface area contributed by atoms with Gasteiger partial charge in [0.2, 0.25) is 5.95 Å². The first kappa shape index (κ1) is 20.3. The smallest absolute Gasteiger partial charge is 0.319 e. The van der Waals surface area contributed by atoms with E-state index in [4.69, 9.17) is 0 Å². The Morgan fingerprint density at radius 3 is 2.57 bits per heavy atom. The Bertz CT molecular complexity index is 911. The van der Waals surface area contributed by atoms with Crippen LogP contribution in [0, 0.1) is 0 Å². The Balaban J connectivity index is 1.44. The summed E-state index contributed by atoms with van der Waals surface area (Å²) < 4.78 is -0.0879. The van der Waals surface area contributed by atoms with E-state index in [-0.39, 0.29) is 0 Å². The lowest BCUT2D eigenvalue weighted by atomic mass is 10.1. The predicted molar refractivity (Wildman–Crippen MR) is 114 cm³/mol. The minimum absolute atomic E-state index is 0.609. The second-order valence-corrected chi connectivity index (χ2v) is 9.44. The number of carboxylic acid groups (broad SMARTS) is 1. The molecule has 0 radical (unpaired) electrons. The Morgan fingerprint density at radius 2 is 1.89 bits per heavy atom. The topological polar surface area (TPSA) is 88.0 Å². The van der Waals surface area contributed by atoms with Gasteiger partial charge >= 0.3 is 5.97 Å². The van der Waals surface area contributed by atoms with Crippen molar-refractivity contribution in [2.75, 3.05) is 11.9 Å². The zero-order valence-corrected chi connectivity index (χ0v) is 17.4. The van der Waals surface area contributed by atoms with Gasteiger partial charge in [-0.05, 0) is 32.3 Å². The molecule has 28 heavy (non-hydrogen) atoms. The molecule has 2 N–H and O–H groups in total. The highest BCUT2D eigenvalue weighted by atomic mass is 32.2. The van der Waals surface area contributed by atoms with E-state index in [9.17, 15) is 9.90 Å². The second kappa shape index (κ2) is 9.16. The zero-order valence-electron chi connectivity index (χ0n) is 15.8. The third kappa shape index (κ3) is 5.53. The zero-order chi connectivity index (χ0) is 20.0. The minimum Gasteiger partial charge on any atom is -0.480 e. The molecule has 0 atom stereocenters. The first-order valence-electron chi connectivity index (χ1n) is 8.92.